The quantitative estimate of drug-likeness (QED) is 0.0153. The molecule has 0 aromatic carbocycles. The molecule has 0 saturated heterocycles. The average molecular weight is 1500 g/mol. The third-order valence-electron chi connectivity index (χ3n) is 14.6. The smallest absolute Gasteiger partial charge is 0.185 e. The van der Waals surface area contributed by atoms with E-state index in [0.717, 1.165) is 96.6 Å². The Morgan fingerprint density at radius 2 is 0.533 bits per heavy atom. The van der Waals surface area contributed by atoms with Crippen LogP contribution in [0.5, 0.6) is 0 Å². The molecule has 24 N–H and O–H groups in total. The number of nitrogens with one attached hydrogen (secondary N) is 2. The first kappa shape index (κ1) is 119. The van der Waals surface area contributed by atoms with Crippen LogP contribution in [0.3, 0.4) is 0 Å². The van der Waals surface area contributed by atoms with Crippen LogP contribution in [-0.2, 0) is 47.9 Å². The lowest BCUT2D eigenvalue weighted by atomic mass is 10.0. The summed E-state index contributed by atoms with van der Waals surface area (Å²) in [6.45, 7) is 53.7. The molecule has 0 atom stereocenters. The standard InChI is InChI=1S/C10H21N3O.C9H19N3O.C9H18N2O.C9H19NO.C9H18O.C7H15N3O.C7H14N2O.C7H15NO.C6H13NO.C6H12O/c1-8(2)9(14)6-4-3-5-7-13-10(11)12;1-7(2)8(13)5-3-4-6-12-9(10)11;1-7(2)9(12)5-4-6-11-8(3)10;1-8(2)9(11)6-4-3-5-7-10;1-4-5-6-7-9(10)8(2)3;1-5(2)6(11)3-4-10-7(8)9;1-5(2)7(10)4-9-6(3)8;1-6(2)7(9)4-3-5-8;1-5(2)6(8)3-4-7;1-4-6(7)5(2)3/h8H,3-7H2,1-2H3,(H4,11,12,13);7H,3-6H2,1-2H3,(H4,10,11,12);7,11H,3-6,10H2,1-2H3;8H,3-7,10H2,1-2H3;8H,4-7H2,1-3H3;5H,3-4H2,1-2H3,(H4,8,9,10);5,9H,3-4,8H2,1-2H3;6H,3-5,8H2,1-2H3;5H,3-4,7H2,1-2H3;5H,4H2,1-3H3. The molecule has 0 amide bonds. The minimum Gasteiger partial charge on any atom is -0.386 e. The molecule has 620 valence electrons. The number of unbranched alkanes of at least 4 members (excludes halogenated alkanes) is 7. The highest BCUT2D eigenvalue weighted by atomic mass is 16.2. The summed E-state index contributed by atoms with van der Waals surface area (Å²) in [5, 5.41) is 5.53. The molecule has 0 spiro atoms. The van der Waals surface area contributed by atoms with Crippen molar-refractivity contribution >= 4 is 75.7 Å². The number of aliphatic imine (C=N–C) groups is 3. The van der Waals surface area contributed by atoms with E-state index in [1.54, 1.807) is 0 Å². The molecule has 0 bridgehead atoms. The van der Waals surface area contributed by atoms with E-state index in [1.165, 1.54) is 12.8 Å². The number of Topliss-reactive ketones (excluding diaryl/α,β-unsaturated/α-hetero) is 10. The molecule has 105 heavy (non-hydrogen) atoms. The second kappa shape index (κ2) is 84.3. The number of hydrogen-bond donors (Lipinski definition) is 13. The largest absolute Gasteiger partial charge is 0.386 e. The molecule has 0 aliphatic heterocycles. The molecular weight excluding hydrogens is 1330 g/mol. The number of nitrogens with two attached hydrogens (primary N) is 11. The van der Waals surface area contributed by atoms with Crippen molar-refractivity contribution in [2.75, 3.05) is 52.4 Å². The van der Waals surface area contributed by atoms with Crippen LogP contribution in [0.4, 0.5) is 0 Å². The summed E-state index contributed by atoms with van der Waals surface area (Å²) >= 11 is 0. The number of carbonyl (C=O) groups excluding carboxylic acids is 10. The summed E-state index contributed by atoms with van der Waals surface area (Å²) < 4.78 is 0. The Labute approximate surface area is 639 Å². The van der Waals surface area contributed by atoms with Crippen molar-refractivity contribution in [1.29, 1.82) is 0 Å². The van der Waals surface area contributed by atoms with E-state index < -0.39 is 0 Å². The maximum absolute atomic E-state index is 11.2. The summed E-state index contributed by atoms with van der Waals surface area (Å²) in [6, 6.07) is 0. The van der Waals surface area contributed by atoms with Crippen LogP contribution in [0.1, 0.15) is 294 Å². The zero-order valence-corrected chi connectivity index (χ0v) is 70.7. The maximum Gasteiger partial charge on any atom is 0.185 e. The Morgan fingerprint density at radius 1 is 0.276 bits per heavy atom. The number of hydrogen-bond acceptors (Lipinski definition) is 20. The number of nitrogens with zero attached hydrogens (tertiary/aromatic N) is 3. The molecule has 0 aliphatic rings. The maximum atomic E-state index is 11.2. The van der Waals surface area contributed by atoms with E-state index in [0.29, 0.717) is 130 Å². The van der Waals surface area contributed by atoms with Crippen LogP contribution in [0, 0.1) is 59.2 Å². The topological polar surface area (TPSA) is 518 Å². The highest BCUT2D eigenvalue weighted by molar-refractivity contribution is 5.84. The van der Waals surface area contributed by atoms with Gasteiger partial charge >= 0.3 is 0 Å². The highest BCUT2D eigenvalue weighted by Gasteiger charge is 2.11. The molecular formula is C79H164N16O10. The van der Waals surface area contributed by atoms with Crippen LogP contribution in [0.15, 0.2) is 39.8 Å². The summed E-state index contributed by atoms with van der Waals surface area (Å²) in [5.74, 6) is 5.68. The van der Waals surface area contributed by atoms with Crippen LogP contribution in [-0.4, -0.2) is 128 Å². The van der Waals surface area contributed by atoms with Crippen molar-refractivity contribution in [3.63, 3.8) is 0 Å². The van der Waals surface area contributed by atoms with Gasteiger partial charge in [-0.05, 0) is 77.4 Å². The second-order valence-electron chi connectivity index (χ2n) is 28.4. The Kier molecular flexibility index (Phi) is 95.7. The van der Waals surface area contributed by atoms with Gasteiger partial charge in [-0.3, -0.25) is 62.9 Å². The van der Waals surface area contributed by atoms with Crippen LogP contribution >= 0.6 is 0 Å². The summed E-state index contributed by atoms with van der Waals surface area (Å²) in [6.07, 6.45) is 18.6. The SMILES string of the molecule is C=C(N)NCC(=O)C(C)C.C=C(N)NCCCC(=O)C(C)C.CC(C)C(=O)CCCCCN.CC(C)C(=O)CCCCCN=C(N)N.CC(C)C(=O)CCCCN=C(N)N.CC(C)C(=O)CCCN.CC(C)C(=O)CCN.CC(C)C(=O)CCN=C(N)N.CCC(=O)C(C)C.CCCCCC(=O)C(C)C. The first-order valence-corrected chi connectivity index (χ1v) is 38.5. The molecule has 26 nitrogen and oxygen atoms in total. The third-order valence-corrected chi connectivity index (χ3v) is 14.6. The van der Waals surface area contributed by atoms with Crippen molar-refractivity contribution < 1.29 is 47.9 Å². The normalized spacial score (nSPS) is 10.0. The molecule has 0 rings (SSSR count). The number of ketones is 10. The fourth-order valence-corrected chi connectivity index (χ4v) is 6.93. The van der Waals surface area contributed by atoms with Gasteiger partial charge in [-0.25, -0.2) is 0 Å². The first-order valence-electron chi connectivity index (χ1n) is 38.5. The lowest BCUT2D eigenvalue weighted by Crippen LogP contribution is -2.28. The van der Waals surface area contributed by atoms with E-state index in [4.69, 9.17) is 63.1 Å². The van der Waals surface area contributed by atoms with E-state index in [-0.39, 0.29) is 101 Å². The van der Waals surface area contributed by atoms with Gasteiger partial charge in [0.05, 0.1) is 18.2 Å². The number of rotatable bonds is 47. The average Bonchev–Trinajstić information content (AvgIpc) is 1.67. The van der Waals surface area contributed by atoms with Gasteiger partial charge in [0.1, 0.15) is 52.0 Å². The van der Waals surface area contributed by atoms with E-state index in [2.05, 4.69) is 45.7 Å². The van der Waals surface area contributed by atoms with Crippen molar-refractivity contribution in [1.82, 2.24) is 10.6 Å². The number of guanidine groups is 3. The lowest BCUT2D eigenvalue weighted by Gasteiger charge is -2.05. The predicted molar refractivity (Wildman–Crippen MR) is 443 cm³/mol. The molecule has 0 aromatic rings. The molecule has 0 saturated carbocycles. The number of carbonyl (C=O) groups is 10. The van der Waals surface area contributed by atoms with Gasteiger partial charge in [0, 0.05) is 143 Å². The summed E-state index contributed by atoms with van der Waals surface area (Å²) in [5.41, 5.74) is 56.9. The highest BCUT2D eigenvalue weighted by Crippen LogP contribution is 2.09. The zero-order valence-electron chi connectivity index (χ0n) is 70.7. The van der Waals surface area contributed by atoms with Crippen LogP contribution in [0.2, 0.25) is 0 Å². The van der Waals surface area contributed by atoms with Crippen molar-refractivity contribution in [3.8, 4) is 0 Å². The molecule has 0 heterocycles. The van der Waals surface area contributed by atoms with Gasteiger partial charge < -0.3 is 73.7 Å². The third kappa shape index (κ3) is 113. The van der Waals surface area contributed by atoms with Crippen molar-refractivity contribution in [2.24, 2.45) is 137 Å². The van der Waals surface area contributed by atoms with Gasteiger partial charge in [0.15, 0.2) is 23.7 Å². The molecule has 0 fully saturated rings. The molecule has 0 unspecified atom stereocenters. The minimum absolute atomic E-state index is 0.0431. The fraction of sp³-hybridized carbons (Fsp3) is 0.785. The summed E-state index contributed by atoms with van der Waals surface area (Å²) in [7, 11) is 0. The predicted octanol–water partition coefficient (Wildman–Crippen LogP) is 10.5. The van der Waals surface area contributed by atoms with Crippen molar-refractivity contribution in [2.45, 2.75) is 294 Å². The van der Waals surface area contributed by atoms with Gasteiger partial charge in [0.2, 0.25) is 0 Å². The molecule has 0 aliphatic carbocycles. The minimum atomic E-state index is 0.0431. The van der Waals surface area contributed by atoms with Crippen LogP contribution < -0.4 is 73.7 Å². The molecule has 0 aromatic heterocycles. The Balaban J connectivity index is -0.000000120. The first-order chi connectivity index (χ1) is 48.6. The molecule has 0 radical (unpaired) electrons. The monoisotopic (exact) mass is 1500 g/mol. The van der Waals surface area contributed by atoms with E-state index >= 15 is 0 Å². The lowest BCUT2D eigenvalue weighted by molar-refractivity contribution is -0.122. The van der Waals surface area contributed by atoms with E-state index in [1.807, 2.05) is 145 Å². The Bertz CT molecular complexity index is 2320. The summed E-state index contributed by atoms with van der Waals surface area (Å²) in [4.78, 5) is 121. The Hall–Kier alpha value is -6.93. The van der Waals surface area contributed by atoms with Gasteiger partial charge in [-0.15, -0.1) is 0 Å². The Morgan fingerprint density at radius 3 is 0.790 bits per heavy atom. The van der Waals surface area contributed by atoms with Crippen molar-refractivity contribution in [3.05, 3.63) is 24.8 Å². The van der Waals surface area contributed by atoms with E-state index in [9.17, 15) is 47.9 Å². The second-order valence-corrected chi connectivity index (χ2v) is 28.4. The molecule has 26 heteroatoms. The van der Waals surface area contributed by atoms with Gasteiger partial charge in [0.25, 0.3) is 0 Å². The fourth-order valence-electron chi connectivity index (χ4n) is 6.93. The van der Waals surface area contributed by atoms with Crippen LogP contribution in [0.25, 0.3) is 0 Å². The van der Waals surface area contributed by atoms with Gasteiger partial charge in [-0.2, -0.15) is 0 Å². The zero-order chi connectivity index (χ0) is 84.2. The van der Waals surface area contributed by atoms with Gasteiger partial charge in [-0.1, -0.05) is 191 Å².